The molecule has 6 nitrogen and oxygen atoms in total. The third kappa shape index (κ3) is 3.53. The molecule has 1 N–H and O–H groups in total. The average molecular weight is 406 g/mol. The molecule has 2 atom stereocenters. The van der Waals surface area contributed by atoms with Gasteiger partial charge in [-0.15, -0.1) is 0 Å². The summed E-state index contributed by atoms with van der Waals surface area (Å²) in [5.74, 6) is 0.310. The number of amides is 2. The number of ketones is 1. The molecule has 2 amide bonds. The van der Waals surface area contributed by atoms with E-state index in [9.17, 15) is 14.4 Å². The molecular weight excluding hydrogens is 374 g/mol. The van der Waals surface area contributed by atoms with E-state index < -0.39 is 5.41 Å². The Morgan fingerprint density at radius 3 is 2.54 bits per heavy atom. The van der Waals surface area contributed by atoms with E-state index >= 15 is 0 Å². The Kier molecular flexibility index (Phi) is 5.28. The van der Waals surface area contributed by atoms with Crippen molar-refractivity contribution < 1.29 is 14.4 Å². The molecule has 3 rings (SSSR count). The summed E-state index contributed by atoms with van der Waals surface area (Å²) in [4.78, 5) is 38.3. The summed E-state index contributed by atoms with van der Waals surface area (Å²) in [5, 5.41) is 4.99. The molecule has 0 aromatic rings. The first-order chi connectivity index (χ1) is 12.9. The smallest absolute Gasteiger partial charge is 0.260 e. The van der Waals surface area contributed by atoms with Crippen LogP contribution in [-0.4, -0.2) is 40.5 Å². The van der Waals surface area contributed by atoms with Crippen LogP contribution in [0, 0.1) is 22.2 Å². The van der Waals surface area contributed by atoms with Crippen LogP contribution in [0.1, 0.15) is 60.8 Å². The molecule has 0 spiro atoms. The quantitative estimate of drug-likeness (QED) is 0.575. The van der Waals surface area contributed by atoms with Gasteiger partial charge in [-0.25, -0.2) is 5.43 Å². The molecule has 0 radical (unpaired) electrons. The summed E-state index contributed by atoms with van der Waals surface area (Å²) >= 11 is 1.30. The Labute approximate surface area is 171 Å². The second-order valence-electron chi connectivity index (χ2n) is 9.95. The van der Waals surface area contributed by atoms with Crippen LogP contribution >= 0.6 is 11.8 Å². The molecule has 1 heterocycles. The molecule has 1 saturated heterocycles. The van der Waals surface area contributed by atoms with Crippen LogP contribution < -0.4 is 5.43 Å². The van der Waals surface area contributed by atoms with Crippen LogP contribution in [0.25, 0.3) is 0 Å². The lowest BCUT2D eigenvalue weighted by Gasteiger charge is -2.34. The van der Waals surface area contributed by atoms with E-state index in [4.69, 9.17) is 0 Å². The topological polar surface area (TPSA) is 78.8 Å². The number of rotatable bonds is 4. The molecule has 3 fully saturated rings. The van der Waals surface area contributed by atoms with Gasteiger partial charge in [0.15, 0.2) is 5.78 Å². The minimum Gasteiger partial charge on any atom is -0.296 e. The highest BCUT2D eigenvalue weighted by Crippen LogP contribution is 2.63. The van der Waals surface area contributed by atoms with Gasteiger partial charge in [0.1, 0.15) is 6.54 Å². The Bertz CT molecular complexity index is 778. The van der Waals surface area contributed by atoms with Crippen molar-refractivity contribution >= 4 is 35.1 Å². The maximum atomic E-state index is 12.5. The third-order valence-corrected chi connectivity index (χ3v) is 8.06. The fourth-order valence-corrected chi connectivity index (χ4v) is 5.37. The predicted molar refractivity (Wildman–Crippen MR) is 112 cm³/mol. The minimum absolute atomic E-state index is 0.0223. The van der Waals surface area contributed by atoms with Crippen molar-refractivity contribution in [1.82, 2.24) is 10.3 Å². The van der Waals surface area contributed by atoms with Gasteiger partial charge in [0.05, 0.1) is 10.8 Å². The maximum absolute atomic E-state index is 12.5. The second-order valence-corrected chi connectivity index (χ2v) is 10.9. The first-order valence-electron chi connectivity index (χ1n) is 9.91. The standard InChI is InChI=1S/C21H31N3O3S/c1-19(2,3)15(25)10-18-24(17(27)12-28-18)11-16(26)23-22-14-9-13-7-8-21(14,6)20(13,4)5/h10,13H,7-9,11-12H2,1-6H3,(H,23,26)/b18-10-,22-14-/t13-,21-/m0/s1. The van der Waals surface area contributed by atoms with Gasteiger partial charge in [0, 0.05) is 22.6 Å². The SMILES string of the molecule is CC(C)(C)C(=O)/C=C1\SCC(=O)N1CC(=O)N/N=C1/C[C@@H]2CC[C@]1(C)C2(C)C. The molecule has 2 saturated carbocycles. The number of hydrogen-bond acceptors (Lipinski definition) is 5. The van der Waals surface area contributed by atoms with E-state index in [0.717, 1.165) is 18.6 Å². The summed E-state index contributed by atoms with van der Waals surface area (Å²) in [6.07, 6.45) is 4.72. The van der Waals surface area contributed by atoms with Crippen molar-refractivity contribution in [2.45, 2.75) is 60.8 Å². The number of thioether (sulfide) groups is 1. The molecular formula is C21H31N3O3S. The molecule has 28 heavy (non-hydrogen) atoms. The minimum atomic E-state index is -0.525. The third-order valence-electron chi connectivity index (χ3n) is 7.03. The van der Waals surface area contributed by atoms with Gasteiger partial charge in [-0.2, -0.15) is 5.10 Å². The Hall–Kier alpha value is -1.63. The van der Waals surface area contributed by atoms with Crippen molar-refractivity contribution in [3.63, 3.8) is 0 Å². The summed E-state index contributed by atoms with van der Waals surface area (Å²) in [7, 11) is 0. The normalized spacial score (nSPS) is 31.9. The van der Waals surface area contributed by atoms with Crippen LogP contribution in [-0.2, 0) is 14.4 Å². The maximum Gasteiger partial charge on any atom is 0.260 e. The van der Waals surface area contributed by atoms with Gasteiger partial charge in [-0.05, 0) is 30.6 Å². The van der Waals surface area contributed by atoms with E-state index in [2.05, 4.69) is 31.3 Å². The predicted octanol–water partition coefficient (Wildman–Crippen LogP) is 3.34. The molecule has 2 aliphatic carbocycles. The number of allylic oxidation sites excluding steroid dienone is 1. The molecule has 3 aliphatic rings. The number of carbonyl (C=O) groups is 3. The molecule has 2 bridgehead atoms. The molecule has 154 valence electrons. The van der Waals surface area contributed by atoms with Crippen molar-refractivity contribution in [1.29, 1.82) is 0 Å². The van der Waals surface area contributed by atoms with Crippen molar-refractivity contribution in [2.24, 2.45) is 27.3 Å². The van der Waals surface area contributed by atoms with Crippen LogP contribution in [0.3, 0.4) is 0 Å². The van der Waals surface area contributed by atoms with Gasteiger partial charge in [0.2, 0.25) is 5.91 Å². The number of nitrogens with one attached hydrogen (secondary N) is 1. The van der Waals surface area contributed by atoms with Crippen LogP contribution in [0.4, 0.5) is 0 Å². The van der Waals surface area contributed by atoms with Crippen molar-refractivity contribution in [3.05, 3.63) is 11.1 Å². The highest BCUT2D eigenvalue weighted by Gasteiger charge is 2.60. The lowest BCUT2D eigenvalue weighted by Crippen LogP contribution is -2.38. The van der Waals surface area contributed by atoms with E-state index in [-0.39, 0.29) is 40.7 Å². The first-order valence-corrected chi connectivity index (χ1v) is 10.9. The Balaban J connectivity index is 1.67. The highest BCUT2D eigenvalue weighted by atomic mass is 32.2. The van der Waals surface area contributed by atoms with E-state index in [1.54, 1.807) is 0 Å². The van der Waals surface area contributed by atoms with Crippen molar-refractivity contribution in [3.8, 4) is 0 Å². The number of hydrogen-bond donors (Lipinski definition) is 1. The van der Waals surface area contributed by atoms with Crippen LogP contribution in [0.5, 0.6) is 0 Å². The lowest BCUT2D eigenvalue weighted by atomic mass is 9.70. The first kappa shape index (κ1) is 21.1. The number of hydrazone groups is 1. The fourth-order valence-electron chi connectivity index (χ4n) is 4.44. The Morgan fingerprint density at radius 2 is 2.00 bits per heavy atom. The van der Waals surface area contributed by atoms with Gasteiger partial charge in [-0.3, -0.25) is 19.3 Å². The van der Waals surface area contributed by atoms with E-state index in [0.29, 0.717) is 10.9 Å². The largest absolute Gasteiger partial charge is 0.296 e. The van der Waals surface area contributed by atoms with Gasteiger partial charge in [-0.1, -0.05) is 53.3 Å². The summed E-state index contributed by atoms with van der Waals surface area (Å²) in [6.45, 7) is 12.2. The summed E-state index contributed by atoms with van der Waals surface area (Å²) in [6, 6.07) is 0. The molecule has 7 heteroatoms. The zero-order chi connectivity index (χ0) is 20.9. The second kappa shape index (κ2) is 7.01. The Morgan fingerprint density at radius 1 is 1.32 bits per heavy atom. The van der Waals surface area contributed by atoms with Gasteiger partial charge >= 0.3 is 0 Å². The monoisotopic (exact) mass is 405 g/mol. The zero-order valence-electron chi connectivity index (χ0n) is 17.7. The van der Waals surface area contributed by atoms with Crippen molar-refractivity contribution in [2.75, 3.05) is 12.3 Å². The number of carbonyl (C=O) groups excluding carboxylic acids is 3. The van der Waals surface area contributed by atoms with Gasteiger partial charge < -0.3 is 0 Å². The summed E-state index contributed by atoms with van der Waals surface area (Å²) in [5.41, 5.74) is 3.41. The van der Waals surface area contributed by atoms with E-state index in [1.807, 2.05) is 20.8 Å². The van der Waals surface area contributed by atoms with Crippen LogP contribution in [0.2, 0.25) is 0 Å². The lowest BCUT2D eigenvalue weighted by molar-refractivity contribution is -0.131. The highest BCUT2D eigenvalue weighted by molar-refractivity contribution is 8.04. The van der Waals surface area contributed by atoms with Gasteiger partial charge in [0.25, 0.3) is 5.91 Å². The zero-order valence-corrected chi connectivity index (χ0v) is 18.5. The number of nitrogens with zero attached hydrogens (tertiary/aromatic N) is 2. The van der Waals surface area contributed by atoms with Crippen LogP contribution in [0.15, 0.2) is 16.2 Å². The molecule has 1 aliphatic heterocycles. The molecule has 0 aromatic heterocycles. The molecule has 0 aromatic carbocycles. The molecule has 0 unspecified atom stereocenters. The average Bonchev–Trinajstić information content (AvgIpc) is 3.10. The number of fused-ring (bicyclic) bond motifs is 2. The fraction of sp³-hybridized carbons (Fsp3) is 0.714. The van der Waals surface area contributed by atoms with E-state index in [1.165, 1.54) is 29.2 Å². The summed E-state index contributed by atoms with van der Waals surface area (Å²) < 4.78 is 0.